The maximum absolute atomic E-state index is 11.8. The molecule has 1 amide bonds. The molecule has 4 N–H and O–H groups in total. The van der Waals surface area contributed by atoms with Gasteiger partial charge < -0.3 is 25.7 Å². The maximum atomic E-state index is 11.8. The molecule has 0 bridgehead atoms. The lowest BCUT2D eigenvalue weighted by Crippen LogP contribution is -2.31. The molecule has 27 heavy (non-hydrogen) atoms. The standard InChI is InChI=1S/C21H24N2O4/c1-13(22)14-2-4-15(5-3-14)16-6-8-19(9-7-16)27-12-18-10-17(11-20(24)25)21(26)23-18/h2-9,17-18,20,22,24-25H,10-12H2,1H3,(H,23,26)/t17-,18-/m0/s1. The van der Waals surface area contributed by atoms with Crippen molar-refractivity contribution < 1.29 is 19.7 Å². The van der Waals surface area contributed by atoms with Crippen LogP contribution in [0.2, 0.25) is 0 Å². The Balaban J connectivity index is 1.55. The summed E-state index contributed by atoms with van der Waals surface area (Å²) in [6.45, 7) is 2.11. The van der Waals surface area contributed by atoms with Crippen molar-refractivity contribution in [1.82, 2.24) is 5.32 Å². The second-order valence-electron chi connectivity index (χ2n) is 6.89. The number of hydrogen-bond donors (Lipinski definition) is 4. The Morgan fingerprint density at radius 2 is 1.74 bits per heavy atom. The Morgan fingerprint density at radius 3 is 2.30 bits per heavy atom. The molecule has 1 aliphatic rings. The number of aliphatic hydroxyl groups is 2. The van der Waals surface area contributed by atoms with Crippen molar-refractivity contribution in [2.75, 3.05) is 6.61 Å². The summed E-state index contributed by atoms with van der Waals surface area (Å²) in [4.78, 5) is 11.8. The molecule has 0 radical (unpaired) electrons. The Bertz CT molecular complexity index is 800. The summed E-state index contributed by atoms with van der Waals surface area (Å²) >= 11 is 0. The number of aliphatic hydroxyl groups excluding tert-OH is 1. The summed E-state index contributed by atoms with van der Waals surface area (Å²) in [6.07, 6.45) is -0.884. The van der Waals surface area contributed by atoms with Crippen LogP contribution in [0.15, 0.2) is 48.5 Å². The fourth-order valence-electron chi connectivity index (χ4n) is 3.25. The highest BCUT2D eigenvalue weighted by atomic mass is 16.5. The van der Waals surface area contributed by atoms with E-state index in [4.69, 9.17) is 20.4 Å². The molecule has 1 fully saturated rings. The van der Waals surface area contributed by atoms with E-state index in [0.29, 0.717) is 24.5 Å². The van der Waals surface area contributed by atoms with Crippen molar-refractivity contribution in [3.05, 3.63) is 54.1 Å². The number of carbonyl (C=O) groups is 1. The van der Waals surface area contributed by atoms with E-state index in [2.05, 4.69) is 5.32 Å². The van der Waals surface area contributed by atoms with E-state index >= 15 is 0 Å². The zero-order valence-electron chi connectivity index (χ0n) is 15.2. The number of carbonyl (C=O) groups excluding carboxylic acids is 1. The van der Waals surface area contributed by atoms with Gasteiger partial charge in [-0.15, -0.1) is 0 Å². The Hall–Kier alpha value is -2.70. The summed E-state index contributed by atoms with van der Waals surface area (Å²) in [5.74, 6) is 0.176. The number of nitrogens with one attached hydrogen (secondary N) is 2. The topological polar surface area (TPSA) is 103 Å². The van der Waals surface area contributed by atoms with Crippen LogP contribution < -0.4 is 10.1 Å². The first-order valence-electron chi connectivity index (χ1n) is 8.97. The zero-order valence-corrected chi connectivity index (χ0v) is 15.2. The zero-order chi connectivity index (χ0) is 19.4. The van der Waals surface area contributed by atoms with Crippen LogP contribution in [0.3, 0.4) is 0 Å². The van der Waals surface area contributed by atoms with Gasteiger partial charge >= 0.3 is 0 Å². The SMILES string of the molecule is CC(=N)c1ccc(-c2ccc(OC[C@@H]3C[C@@H](CC(O)O)C(=O)N3)cc2)cc1. The molecule has 6 heteroatoms. The van der Waals surface area contributed by atoms with Gasteiger partial charge in [0, 0.05) is 18.1 Å². The molecule has 1 heterocycles. The van der Waals surface area contributed by atoms with Gasteiger partial charge in [-0.25, -0.2) is 0 Å². The number of amides is 1. The van der Waals surface area contributed by atoms with Gasteiger partial charge in [0.05, 0.1) is 6.04 Å². The summed E-state index contributed by atoms with van der Waals surface area (Å²) in [5.41, 5.74) is 3.58. The number of ether oxygens (including phenoxy) is 1. The van der Waals surface area contributed by atoms with Crippen molar-refractivity contribution in [2.24, 2.45) is 5.92 Å². The minimum Gasteiger partial charge on any atom is -0.491 e. The fraction of sp³-hybridized carbons (Fsp3) is 0.333. The Labute approximate surface area is 158 Å². The van der Waals surface area contributed by atoms with E-state index in [1.54, 1.807) is 6.92 Å². The molecule has 1 saturated heterocycles. The van der Waals surface area contributed by atoms with Gasteiger partial charge in [-0.2, -0.15) is 0 Å². The average Bonchev–Trinajstić information content (AvgIpc) is 2.99. The third-order valence-corrected chi connectivity index (χ3v) is 4.74. The second-order valence-corrected chi connectivity index (χ2v) is 6.89. The van der Waals surface area contributed by atoms with E-state index < -0.39 is 6.29 Å². The second kappa shape index (κ2) is 8.33. The van der Waals surface area contributed by atoms with Crippen LogP contribution in [-0.4, -0.2) is 40.8 Å². The average molecular weight is 368 g/mol. The number of hydrogen-bond acceptors (Lipinski definition) is 5. The summed E-state index contributed by atoms with van der Waals surface area (Å²) < 4.78 is 5.77. The Morgan fingerprint density at radius 1 is 1.15 bits per heavy atom. The molecule has 6 nitrogen and oxygen atoms in total. The van der Waals surface area contributed by atoms with Gasteiger partial charge in [-0.1, -0.05) is 36.4 Å². The number of rotatable bonds is 7. The van der Waals surface area contributed by atoms with E-state index in [0.717, 1.165) is 16.7 Å². The van der Waals surface area contributed by atoms with E-state index in [-0.39, 0.29) is 24.3 Å². The van der Waals surface area contributed by atoms with E-state index in [9.17, 15) is 4.79 Å². The summed E-state index contributed by atoms with van der Waals surface area (Å²) in [5, 5.41) is 28.5. The lowest BCUT2D eigenvalue weighted by Gasteiger charge is -2.13. The molecule has 0 aliphatic carbocycles. The molecular weight excluding hydrogens is 344 g/mol. The highest BCUT2D eigenvalue weighted by Gasteiger charge is 2.33. The highest BCUT2D eigenvalue weighted by Crippen LogP contribution is 2.24. The van der Waals surface area contributed by atoms with Gasteiger partial charge in [0.25, 0.3) is 0 Å². The highest BCUT2D eigenvalue weighted by molar-refractivity contribution is 5.96. The largest absolute Gasteiger partial charge is 0.491 e. The minimum absolute atomic E-state index is 0.0489. The third kappa shape index (κ3) is 4.93. The number of benzene rings is 2. The van der Waals surface area contributed by atoms with Crippen LogP contribution in [0.1, 0.15) is 25.3 Å². The van der Waals surface area contributed by atoms with Crippen LogP contribution in [0.4, 0.5) is 0 Å². The van der Waals surface area contributed by atoms with Crippen molar-refractivity contribution in [3.63, 3.8) is 0 Å². The van der Waals surface area contributed by atoms with E-state index in [1.165, 1.54) is 0 Å². The predicted molar refractivity (Wildman–Crippen MR) is 103 cm³/mol. The Kier molecular flexibility index (Phi) is 5.88. The molecule has 0 unspecified atom stereocenters. The normalized spacial score (nSPS) is 19.2. The first kappa shape index (κ1) is 19.1. The fourth-order valence-corrected chi connectivity index (χ4v) is 3.25. The van der Waals surface area contributed by atoms with Crippen molar-refractivity contribution in [2.45, 2.75) is 32.1 Å². The van der Waals surface area contributed by atoms with Crippen LogP contribution >= 0.6 is 0 Å². The van der Waals surface area contributed by atoms with Crippen molar-refractivity contribution in [3.8, 4) is 16.9 Å². The van der Waals surface area contributed by atoms with Crippen LogP contribution in [0.5, 0.6) is 5.75 Å². The molecule has 3 rings (SSSR count). The lowest BCUT2D eigenvalue weighted by atomic mass is 10.0. The van der Waals surface area contributed by atoms with Gasteiger partial charge in [0.1, 0.15) is 12.4 Å². The molecule has 0 aromatic heterocycles. The molecule has 1 aliphatic heterocycles. The van der Waals surface area contributed by atoms with Gasteiger partial charge in [-0.3, -0.25) is 4.79 Å². The van der Waals surface area contributed by atoms with Crippen LogP contribution in [0, 0.1) is 11.3 Å². The monoisotopic (exact) mass is 368 g/mol. The lowest BCUT2D eigenvalue weighted by molar-refractivity contribution is -0.126. The quantitative estimate of drug-likeness (QED) is 0.445. The maximum Gasteiger partial charge on any atom is 0.223 e. The summed E-state index contributed by atoms with van der Waals surface area (Å²) in [7, 11) is 0. The molecule has 2 aromatic rings. The molecular formula is C21H24N2O4. The molecule has 0 spiro atoms. The van der Waals surface area contributed by atoms with Gasteiger partial charge in [0.15, 0.2) is 6.29 Å². The minimum atomic E-state index is -1.47. The first-order valence-corrected chi connectivity index (χ1v) is 8.97. The molecule has 142 valence electrons. The molecule has 2 atom stereocenters. The predicted octanol–water partition coefficient (Wildman–Crippen LogP) is 2.33. The summed E-state index contributed by atoms with van der Waals surface area (Å²) in [6, 6.07) is 15.4. The molecule has 0 saturated carbocycles. The van der Waals surface area contributed by atoms with E-state index in [1.807, 2.05) is 48.5 Å². The molecule has 2 aromatic carbocycles. The first-order chi connectivity index (χ1) is 12.9. The van der Waals surface area contributed by atoms with Crippen LogP contribution in [0.25, 0.3) is 11.1 Å². The smallest absolute Gasteiger partial charge is 0.223 e. The van der Waals surface area contributed by atoms with Crippen LogP contribution in [-0.2, 0) is 4.79 Å². The van der Waals surface area contributed by atoms with Crippen molar-refractivity contribution >= 4 is 11.6 Å². The van der Waals surface area contributed by atoms with Gasteiger partial charge in [-0.05, 0) is 42.2 Å². The van der Waals surface area contributed by atoms with Crippen molar-refractivity contribution in [1.29, 1.82) is 5.41 Å². The third-order valence-electron chi connectivity index (χ3n) is 4.74. The van der Waals surface area contributed by atoms with Gasteiger partial charge in [0.2, 0.25) is 5.91 Å².